The summed E-state index contributed by atoms with van der Waals surface area (Å²) in [5, 5.41) is 15.1. The molecule has 0 atom stereocenters. The van der Waals surface area contributed by atoms with Crippen LogP contribution in [0.15, 0.2) is 0 Å². The van der Waals surface area contributed by atoms with Crippen LogP contribution in [0.25, 0.3) is 0 Å². The first-order chi connectivity index (χ1) is 6.46. The fourth-order valence-corrected chi connectivity index (χ4v) is 1.15. The van der Waals surface area contributed by atoms with Crippen LogP contribution in [0.3, 0.4) is 0 Å². The number of carbonyl (C=O) groups is 3. The first-order valence-electron chi connectivity index (χ1n) is 4.00. The Morgan fingerprint density at radius 2 is 1.93 bits per heavy atom. The van der Waals surface area contributed by atoms with E-state index >= 15 is 0 Å². The minimum absolute atomic E-state index is 0.212. The molecule has 78 valence electrons. The molecule has 2 fully saturated rings. The highest BCUT2D eigenvalue weighted by Gasteiger charge is 2.50. The lowest BCUT2D eigenvalue weighted by molar-refractivity contribution is -0.134. The summed E-state index contributed by atoms with van der Waals surface area (Å²) in [6.07, 6.45) is 0. The van der Waals surface area contributed by atoms with Gasteiger partial charge in [-0.1, -0.05) is 0 Å². The maximum Gasteiger partial charge on any atom is 0.322 e. The highest BCUT2D eigenvalue weighted by Crippen LogP contribution is 2.14. The Morgan fingerprint density at radius 1 is 1.43 bits per heavy atom. The van der Waals surface area contributed by atoms with E-state index in [4.69, 9.17) is 9.90 Å². The molecule has 7 nitrogen and oxygen atoms in total. The topological polar surface area (TPSA) is 108 Å². The molecule has 3 amide bonds. The van der Waals surface area contributed by atoms with Crippen LogP contribution in [-0.4, -0.2) is 41.6 Å². The van der Waals surface area contributed by atoms with Crippen LogP contribution in [-0.2, 0) is 9.59 Å². The number of imide groups is 1. The number of rotatable bonds is 0. The van der Waals surface area contributed by atoms with Crippen LogP contribution in [0.4, 0.5) is 4.79 Å². The predicted octanol–water partition coefficient (Wildman–Crippen LogP) is -1.74. The van der Waals surface area contributed by atoms with Gasteiger partial charge in [-0.05, 0) is 0 Å². The van der Waals surface area contributed by atoms with Crippen molar-refractivity contribution in [1.82, 2.24) is 16.0 Å². The molecule has 0 radical (unpaired) electrons. The second-order valence-corrected chi connectivity index (χ2v) is 3.11. The molecule has 0 aromatic heterocycles. The third-order valence-corrected chi connectivity index (χ3v) is 1.87. The van der Waals surface area contributed by atoms with Crippen LogP contribution < -0.4 is 16.0 Å². The number of nitrogens with one attached hydrogen (secondary N) is 3. The van der Waals surface area contributed by atoms with Crippen LogP contribution in [0.1, 0.15) is 6.92 Å². The fourth-order valence-electron chi connectivity index (χ4n) is 1.15. The van der Waals surface area contributed by atoms with E-state index in [-0.39, 0.29) is 11.9 Å². The number of amides is 3. The molecule has 0 aromatic rings. The Bertz CT molecular complexity index is 281. The van der Waals surface area contributed by atoms with Gasteiger partial charge in [-0.3, -0.25) is 14.9 Å². The minimum Gasteiger partial charge on any atom is -0.481 e. The van der Waals surface area contributed by atoms with Crippen molar-refractivity contribution in [3.05, 3.63) is 0 Å². The van der Waals surface area contributed by atoms with Crippen LogP contribution in [0, 0.1) is 0 Å². The zero-order valence-electron chi connectivity index (χ0n) is 7.59. The number of aliphatic carboxylic acids is 1. The summed E-state index contributed by atoms with van der Waals surface area (Å²) < 4.78 is 0. The van der Waals surface area contributed by atoms with Gasteiger partial charge >= 0.3 is 6.03 Å². The molecular weight excluding hydrogens is 190 g/mol. The summed E-state index contributed by atoms with van der Waals surface area (Å²) in [6.45, 7) is 2.18. The summed E-state index contributed by atoms with van der Waals surface area (Å²) in [7, 11) is 0. The molecule has 2 aliphatic rings. The van der Waals surface area contributed by atoms with E-state index in [1.54, 1.807) is 0 Å². The van der Waals surface area contributed by atoms with Crippen molar-refractivity contribution in [3.63, 3.8) is 0 Å². The number of hydrogen-bond acceptors (Lipinski definition) is 4. The van der Waals surface area contributed by atoms with Crippen molar-refractivity contribution in [2.75, 3.05) is 13.1 Å². The lowest BCUT2D eigenvalue weighted by Crippen LogP contribution is -2.69. The summed E-state index contributed by atoms with van der Waals surface area (Å²) in [4.78, 5) is 30.5. The van der Waals surface area contributed by atoms with Gasteiger partial charge in [0.2, 0.25) is 0 Å². The van der Waals surface area contributed by atoms with E-state index < -0.39 is 11.5 Å². The Hall–Kier alpha value is -1.63. The SMILES string of the molecule is CC(=O)O.O=C1NC(=O)C2(CNC2)N1. The van der Waals surface area contributed by atoms with Gasteiger partial charge in [0.1, 0.15) is 5.54 Å². The lowest BCUT2D eigenvalue weighted by atomic mass is 9.93. The zero-order valence-corrected chi connectivity index (χ0v) is 7.59. The first-order valence-corrected chi connectivity index (χ1v) is 4.00. The summed E-state index contributed by atoms with van der Waals surface area (Å²) in [5.74, 6) is -1.05. The van der Waals surface area contributed by atoms with E-state index in [9.17, 15) is 9.59 Å². The van der Waals surface area contributed by atoms with Crippen LogP contribution in [0.5, 0.6) is 0 Å². The van der Waals surface area contributed by atoms with Gasteiger partial charge in [0, 0.05) is 20.0 Å². The Morgan fingerprint density at radius 3 is 2.07 bits per heavy atom. The molecule has 0 aliphatic carbocycles. The average Bonchev–Trinajstić information content (AvgIpc) is 2.23. The highest BCUT2D eigenvalue weighted by atomic mass is 16.4. The third-order valence-electron chi connectivity index (χ3n) is 1.87. The van der Waals surface area contributed by atoms with E-state index in [2.05, 4.69) is 16.0 Å². The molecule has 0 saturated carbocycles. The summed E-state index contributed by atoms with van der Waals surface area (Å²) in [6, 6.07) is -0.383. The number of carboxylic acid groups (broad SMARTS) is 1. The second-order valence-electron chi connectivity index (χ2n) is 3.11. The van der Waals surface area contributed by atoms with Gasteiger partial charge in [-0.15, -0.1) is 0 Å². The van der Waals surface area contributed by atoms with Gasteiger partial charge < -0.3 is 15.7 Å². The molecular formula is C7H11N3O4. The average molecular weight is 201 g/mol. The van der Waals surface area contributed by atoms with Gasteiger partial charge in [-0.25, -0.2) is 4.79 Å². The van der Waals surface area contributed by atoms with Crippen molar-refractivity contribution in [1.29, 1.82) is 0 Å². The van der Waals surface area contributed by atoms with Crippen LogP contribution >= 0.6 is 0 Å². The normalized spacial score (nSPS) is 21.5. The summed E-state index contributed by atoms with van der Waals surface area (Å²) >= 11 is 0. The van der Waals surface area contributed by atoms with Gasteiger partial charge in [0.15, 0.2) is 0 Å². The van der Waals surface area contributed by atoms with Crippen molar-refractivity contribution in [2.45, 2.75) is 12.5 Å². The van der Waals surface area contributed by atoms with Crippen molar-refractivity contribution >= 4 is 17.9 Å². The predicted molar refractivity (Wildman–Crippen MR) is 45.6 cm³/mol. The van der Waals surface area contributed by atoms with Crippen LogP contribution in [0.2, 0.25) is 0 Å². The van der Waals surface area contributed by atoms with Gasteiger partial charge in [0.05, 0.1) is 0 Å². The number of urea groups is 1. The zero-order chi connectivity index (χ0) is 10.8. The van der Waals surface area contributed by atoms with Crippen molar-refractivity contribution in [3.8, 4) is 0 Å². The number of carboxylic acids is 1. The smallest absolute Gasteiger partial charge is 0.322 e. The molecule has 0 aromatic carbocycles. The Balaban J connectivity index is 0.000000213. The standard InChI is InChI=1S/C5H7N3O2.C2H4O2/c9-3-5(1-6-2-5)8-4(10)7-3;1-2(3)4/h6H,1-2H2,(H2,7,8,9,10);1H3,(H,3,4). The Kier molecular flexibility index (Phi) is 2.70. The molecule has 2 heterocycles. The number of hydrogen-bond donors (Lipinski definition) is 4. The molecule has 0 unspecified atom stereocenters. The minimum atomic E-state index is -0.833. The third kappa shape index (κ3) is 1.99. The molecule has 2 rings (SSSR count). The molecule has 2 aliphatic heterocycles. The van der Waals surface area contributed by atoms with Gasteiger partial charge in [0.25, 0.3) is 11.9 Å². The molecule has 4 N–H and O–H groups in total. The maximum atomic E-state index is 11.0. The molecule has 14 heavy (non-hydrogen) atoms. The van der Waals surface area contributed by atoms with E-state index in [1.165, 1.54) is 0 Å². The van der Waals surface area contributed by atoms with E-state index in [0.717, 1.165) is 6.92 Å². The van der Waals surface area contributed by atoms with Crippen molar-refractivity contribution < 1.29 is 19.5 Å². The Labute approximate surface area is 79.9 Å². The highest BCUT2D eigenvalue weighted by molar-refractivity contribution is 6.08. The fraction of sp³-hybridized carbons (Fsp3) is 0.571. The van der Waals surface area contributed by atoms with E-state index in [0.29, 0.717) is 13.1 Å². The molecule has 1 spiro atoms. The number of carbonyl (C=O) groups excluding carboxylic acids is 2. The molecule has 2 saturated heterocycles. The lowest BCUT2D eigenvalue weighted by Gasteiger charge is -2.35. The maximum absolute atomic E-state index is 11.0. The quantitative estimate of drug-likeness (QED) is 0.348. The van der Waals surface area contributed by atoms with E-state index in [1.807, 2.05) is 0 Å². The molecule has 7 heteroatoms. The largest absolute Gasteiger partial charge is 0.481 e. The van der Waals surface area contributed by atoms with Crippen molar-refractivity contribution in [2.24, 2.45) is 0 Å². The molecule has 0 bridgehead atoms. The monoisotopic (exact) mass is 201 g/mol. The summed E-state index contributed by atoms with van der Waals surface area (Å²) in [5.41, 5.74) is -0.614. The van der Waals surface area contributed by atoms with Gasteiger partial charge in [-0.2, -0.15) is 0 Å². The second kappa shape index (κ2) is 3.62. The first kappa shape index (κ1) is 10.5.